The van der Waals surface area contributed by atoms with Crippen LogP contribution in [0.5, 0.6) is 0 Å². The number of carbonyl (C=O) groups excluding carboxylic acids is 1. The number of fused-ring (bicyclic) bond motifs is 1. The number of amides is 1. The fraction of sp³-hybridized carbons (Fsp3) is 0.250. The quantitative estimate of drug-likeness (QED) is 0.260. The van der Waals surface area contributed by atoms with Crippen molar-refractivity contribution in [1.82, 2.24) is 16.0 Å². The van der Waals surface area contributed by atoms with Gasteiger partial charge in [0.2, 0.25) is 0 Å². The van der Waals surface area contributed by atoms with Crippen molar-refractivity contribution in [2.75, 3.05) is 20.6 Å². The van der Waals surface area contributed by atoms with Crippen molar-refractivity contribution >= 4 is 46.6 Å². The van der Waals surface area contributed by atoms with E-state index in [1.54, 1.807) is 14.1 Å². The second-order valence-electron chi connectivity index (χ2n) is 6.96. The Balaban J connectivity index is 0.00000320. The molecule has 0 radical (unpaired) electrons. The van der Waals surface area contributed by atoms with Crippen LogP contribution in [0.3, 0.4) is 0 Å². The second-order valence-corrected chi connectivity index (χ2v) is 6.96. The smallest absolute Gasteiger partial charge is 0.251 e. The lowest BCUT2D eigenvalue weighted by Gasteiger charge is -2.20. The normalized spacial score (nSPS) is 12.0. The van der Waals surface area contributed by atoms with E-state index in [2.05, 4.69) is 70.3 Å². The van der Waals surface area contributed by atoms with Gasteiger partial charge in [-0.2, -0.15) is 0 Å². The molecule has 0 fully saturated rings. The predicted molar refractivity (Wildman–Crippen MR) is 136 cm³/mol. The van der Waals surface area contributed by atoms with Crippen LogP contribution in [-0.2, 0) is 6.42 Å². The highest BCUT2D eigenvalue weighted by molar-refractivity contribution is 14.0. The molecule has 0 aliphatic rings. The number of aliphatic imine (C=N–C) groups is 1. The first-order valence-corrected chi connectivity index (χ1v) is 9.88. The van der Waals surface area contributed by atoms with E-state index in [0.29, 0.717) is 5.56 Å². The largest absolute Gasteiger partial charge is 0.356 e. The van der Waals surface area contributed by atoms with Crippen molar-refractivity contribution in [3.05, 3.63) is 83.4 Å². The van der Waals surface area contributed by atoms with Gasteiger partial charge in [0.1, 0.15) is 0 Å². The van der Waals surface area contributed by atoms with E-state index in [1.165, 1.54) is 16.3 Å². The first kappa shape index (κ1) is 23.7. The number of nitrogens with one attached hydrogen (secondary N) is 3. The van der Waals surface area contributed by atoms with Crippen LogP contribution in [0.15, 0.2) is 71.7 Å². The average Bonchev–Trinajstić information content (AvgIpc) is 2.77. The van der Waals surface area contributed by atoms with E-state index in [0.717, 1.165) is 24.5 Å². The van der Waals surface area contributed by atoms with Crippen LogP contribution in [0, 0.1) is 0 Å². The van der Waals surface area contributed by atoms with Crippen molar-refractivity contribution in [2.24, 2.45) is 4.99 Å². The SMILES string of the molecule is CN=C(NCCc1cccc(C(=O)NC)c1)NC(C)c1cccc2ccccc12.I. The van der Waals surface area contributed by atoms with Crippen molar-refractivity contribution in [3.63, 3.8) is 0 Å². The Morgan fingerprint density at radius 3 is 2.53 bits per heavy atom. The Hall–Kier alpha value is -2.61. The molecule has 3 N–H and O–H groups in total. The fourth-order valence-corrected chi connectivity index (χ4v) is 3.44. The third kappa shape index (κ3) is 5.95. The zero-order valence-corrected chi connectivity index (χ0v) is 19.9. The molecule has 0 heterocycles. The standard InChI is InChI=1S/C24H28N4O.HI/c1-17(21-13-7-10-19-9-4-5-12-22(19)21)28-24(26-3)27-15-14-18-8-6-11-20(16-18)23(29)25-2;/h4-13,16-17H,14-15H2,1-3H3,(H,25,29)(H2,26,27,28);1H. The van der Waals surface area contributed by atoms with Gasteiger partial charge < -0.3 is 16.0 Å². The maximum Gasteiger partial charge on any atom is 0.251 e. The van der Waals surface area contributed by atoms with Crippen LogP contribution in [-0.4, -0.2) is 32.5 Å². The summed E-state index contributed by atoms with van der Waals surface area (Å²) in [6.45, 7) is 2.86. The molecule has 1 unspecified atom stereocenters. The number of hydrogen-bond donors (Lipinski definition) is 3. The molecule has 3 aromatic rings. The lowest BCUT2D eigenvalue weighted by molar-refractivity contribution is 0.0963. The fourth-order valence-electron chi connectivity index (χ4n) is 3.44. The minimum Gasteiger partial charge on any atom is -0.356 e. The molecule has 30 heavy (non-hydrogen) atoms. The van der Waals surface area contributed by atoms with Gasteiger partial charge in [0, 0.05) is 26.2 Å². The van der Waals surface area contributed by atoms with Crippen LogP contribution in [0.25, 0.3) is 10.8 Å². The number of guanidine groups is 1. The molecule has 0 saturated heterocycles. The lowest BCUT2D eigenvalue weighted by atomic mass is 10.00. The van der Waals surface area contributed by atoms with Crippen LogP contribution in [0.1, 0.15) is 34.5 Å². The van der Waals surface area contributed by atoms with Crippen LogP contribution in [0.4, 0.5) is 0 Å². The number of hydrogen-bond acceptors (Lipinski definition) is 2. The Labute approximate surface area is 195 Å². The maximum atomic E-state index is 11.8. The summed E-state index contributed by atoms with van der Waals surface area (Å²) in [5.41, 5.74) is 3.03. The van der Waals surface area contributed by atoms with Gasteiger partial charge >= 0.3 is 0 Å². The number of benzene rings is 3. The van der Waals surface area contributed by atoms with Gasteiger partial charge in [0.05, 0.1) is 6.04 Å². The third-order valence-electron chi connectivity index (χ3n) is 4.99. The first-order valence-electron chi connectivity index (χ1n) is 9.88. The summed E-state index contributed by atoms with van der Waals surface area (Å²) in [5.74, 6) is 0.689. The van der Waals surface area contributed by atoms with Crippen molar-refractivity contribution in [3.8, 4) is 0 Å². The Bertz CT molecular complexity index is 1010. The summed E-state index contributed by atoms with van der Waals surface area (Å²) < 4.78 is 0. The zero-order valence-electron chi connectivity index (χ0n) is 17.6. The molecule has 0 aliphatic heterocycles. The highest BCUT2D eigenvalue weighted by Gasteiger charge is 2.11. The summed E-state index contributed by atoms with van der Waals surface area (Å²) >= 11 is 0. The molecule has 0 aliphatic carbocycles. The Morgan fingerprint density at radius 1 is 1.03 bits per heavy atom. The van der Waals surface area contributed by atoms with Crippen molar-refractivity contribution in [2.45, 2.75) is 19.4 Å². The van der Waals surface area contributed by atoms with Gasteiger partial charge in [-0.25, -0.2) is 0 Å². The monoisotopic (exact) mass is 516 g/mol. The highest BCUT2D eigenvalue weighted by Crippen LogP contribution is 2.23. The van der Waals surface area contributed by atoms with Gasteiger partial charge in [0.25, 0.3) is 5.91 Å². The highest BCUT2D eigenvalue weighted by atomic mass is 127. The molecule has 6 heteroatoms. The summed E-state index contributed by atoms with van der Waals surface area (Å²) in [6, 6.07) is 22.6. The first-order chi connectivity index (χ1) is 14.1. The summed E-state index contributed by atoms with van der Waals surface area (Å²) in [4.78, 5) is 16.1. The number of rotatable bonds is 6. The molecular weight excluding hydrogens is 487 g/mol. The molecule has 3 rings (SSSR count). The molecule has 1 amide bonds. The van der Waals surface area contributed by atoms with Crippen molar-refractivity contribution in [1.29, 1.82) is 0 Å². The maximum absolute atomic E-state index is 11.8. The topological polar surface area (TPSA) is 65.5 Å². The minimum absolute atomic E-state index is 0. The summed E-state index contributed by atoms with van der Waals surface area (Å²) in [7, 11) is 3.42. The number of nitrogens with zero attached hydrogens (tertiary/aromatic N) is 1. The predicted octanol–water partition coefficient (Wildman–Crippen LogP) is 4.29. The Morgan fingerprint density at radius 2 is 1.77 bits per heavy atom. The summed E-state index contributed by atoms with van der Waals surface area (Å²) in [5, 5.41) is 12.0. The van der Waals surface area contributed by atoms with Gasteiger partial charge in [-0.3, -0.25) is 9.79 Å². The van der Waals surface area contributed by atoms with Crippen LogP contribution in [0.2, 0.25) is 0 Å². The van der Waals surface area contributed by atoms with Gasteiger partial charge in [0.15, 0.2) is 5.96 Å². The van der Waals surface area contributed by atoms with E-state index < -0.39 is 0 Å². The molecule has 158 valence electrons. The molecular formula is C24H29IN4O. The van der Waals surface area contributed by atoms with Gasteiger partial charge in [-0.15, -0.1) is 24.0 Å². The van der Waals surface area contributed by atoms with E-state index in [-0.39, 0.29) is 35.9 Å². The molecule has 3 aromatic carbocycles. The second kappa shape index (κ2) is 11.5. The average molecular weight is 516 g/mol. The number of halogens is 1. The van der Waals surface area contributed by atoms with E-state index >= 15 is 0 Å². The van der Waals surface area contributed by atoms with Crippen molar-refractivity contribution < 1.29 is 4.79 Å². The van der Waals surface area contributed by atoms with Gasteiger partial charge in [-0.05, 0) is 47.4 Å². The number of carbonyl (C=O) groups is 1. The van der Waals surface area contributed by atoms with E-state index in [1.807, 2.05) is 24.3 Å². The zero-order chi connectivity index (χ0) is 20.6. The van der Waals surface area contributed by atoms with Gasteiger partial charge in [-0.1, -0.05) is 54.6 Å². The Kier molecular flexibility index (Phi) is 9.11. The van der Waals surface area contributed by atoms with E-state index in [4.69, 9.17) is 0 Å². The third-order valence-corrected chi connectivity index (χ3v) is 4.99. The molecule has 1 atom stereocenters. The molecule has 0 saturated carbocycles. The van der Waals surface area contributed by atoms with E-state index in [9.17, 15) is 4.79 Å². The molecule has 0 bridgehead atoms. The summed E-state index contributed by atoms with van der Waals surface area (Å²) in [6.07, 6.45) is 0.800. The lowest BCUT2D eigenvalue weighted by Crippen LogP contribution is -2.39. The molecule has 5 nitrogen and oxygen atoms in total. The molecule has 0 spiro atoms. The molecule has 0 aromatic heterocycles. The van der Waals surface area contributed by atoms with Crippen LogP contribution >= 0.6 is 24.0 Å². The minimum atomic E-state index is -0.0683. The van der Waals surface area contributed by atoms with Crippen LogP contribution < -0.4 is 16.0 Å².